The van der Waals surface area contributed by atoms with Gasteiger partial charge < -0.3 is 10.1 Å². The van der Waals surface area contributed by atoms with Crippen LogP contribution in [0, 0.1) is 5.82 Å². The zero-order valence-electron chi connectivity index (χ0n) is 11.7. The quantitative estimate of drug-likeness (QED) is 0.788. The molecule has 0 amide bonds. The lowest BCUT2D eigenvalue weighted by Crippen LogP contribution is -2.07. The zero-order valence-corrected chi connectivity index (χ0v) is 12.5. The van der Waals surface area contributed by atoms with Gasteiger partial charge in [-0.05, 0) is 37.6 Å². The molecular weight excluding hydrogens is 299 g/mol. The van der Waals surface area contributed by atoms with Gasteiger partial charge in [0.15, 0.2) is 11.6 Å². The van der Waals surface area contributed by atoms with Crippen molar-refractivity contribution in [3.63, 3.8) is 0 Å². The van der Waals surface area contributed by atoms with Crippen molar-refractivity contribution in [1.82, 2.24) is 0 Å². The number of nitrogens with one attached hydrogen (secondary N) is 1. The van der Waals surface area contributed by atoms with Crippen LogP contribution < -0.4 is 10.1 Å². The largest absolute Gasteiger partial charge is 0.432 e. The molecule has 0 aliphatic rings. The Morgan fingerprint density at radius 1 is 1.24 bits per heavy atom. The number of benzene rings is 1. The van der Waals surface area contributed by atoms with E-state index in [0.29, 0.717) is 5.69 Å². The van der Waals surface area contributed by atoms with Gasteiger partial charge in [-0.15, -0.1) is 11.3 Å². The monoisotopic (exact) mass is 315 g/mol. The van der Waals surface area contributed by atoms with Gasteiger partial charge >= 0.3 is 6.61 Å². The van der Waals surface area contributed by atoms with Crippen LogP contribution in [0.5, 0.6) is 5.75 Å². The minimum absolute atomic E-state index is 0.0107. The van der Waals surface area contributed by atoms with E-state index in [1.165, 1.54) is 17.0 Å². The molecule has 1 heterocycles. The smallest absolute Gasteiger partial charge is 0.387 e. The van der Waals surface area contributed by atoms with E-state index >= 15 is 0 Å². The Hall–Kier alpha value is -1.69. The minimum Gasteiger partial charge on any atom is -0.432 e. The van der Waals surface area contributed by atoms with Crippen LogP contribution in [0.4, 0.5) is 18.9 Å². The Labute approximate surface area is 125 Å². The number of anilines is 1. The number of hydrogen-bond acceptors (Lipinski definition) is 3. The van der Waals surface area contributed by atoms with Crippen LogP contribution in [-0.4, -0.2) is 6.61 Å². The van der Waals surface area contributed by atoms with Gasteiger partial charge in [-0.1, -0.05) is 6.92 Å². The van der Waals surface area contributed by atoms with Crippen LogP contribution in [-0.2, 0) is 6.42 Å². The van der Waals surface area contributed by atoms with Gasteiger partial charge in [-0.2, -0.15) is 8.78 Å². The van der Waals surface area contributed by atoms with Gasteiger partial charge in [0.05, 0.1) is 6.04 Å². The zero-order chi connectivity index (χ0) is 15.4. The molecule has 0 radical (unpaired) electrons. The normalized spacial score (nSPS) is 12.5. The fraction of sp³-hybridized carbons (Fsp3) is 0.333. The first-order chi connectivity index (χ1) is 9.99. The van der Waals surface area contributed by atoms with E-state index in [-0.39, 0.29) is 6.04 Å². The van der Waals surface area contributed by atoms with Crippen LogP contribution in [0.15, 0.2) is 30.3 Å². The third-order valence-corrected chi connectivity index (χ3v) is 4.40. The summed E-state index contributed by atoms with van der Waals surface area (Å²) >= 11 is 1.70. The summed E-state index contributed by atoms with van der Waals surface area (Å²) in [6.45, 7) is 1.02. The van der Waals surface area contributed by atoms with Crippen molar-refractivity contribution in [2.24, 2.45) is 0 Å². The molecule has 114 valence electrons. The highest BCUT2D eigenvalue weighted by atomic mass is 32.1. The summed E-state index contributed by atoms with van der Waals surface area (Å²) in [5.74, 6) is -1.26. The topological polar surface area (TPSA) is 21.3 Å². The summed E-state index contributed by atoms with van der Waals surface area (Å²) in [4.78, 5) is 2.42. The fourth-order valence-corrected chi connectivity index (χ4v) is 2.88. The van der Waals surface area contributed by atoms with Crippen molar-refractivity contribution < 1.29 is 17.9 Å². The standard InChI is InChI=1S/C15H16F3NOS/c1-3-11-5-7-14(21-11)9(2)19-10-4-6-13(12(16)8-10)20-15(17)18/h4-9,15,19H,3H2,1-2H3. The number of thiophene rings is 1. The molecule has 1 unspecified atom stereocenters. The molecule has 2 rings (SSSR count). The first-order valence-corrected chi connectivity index (χ1v) is 7.40. The van der Waals surface area contributed by atoms with Crippen LogP contribution >= 0.6 is 11.3 Å². The van der Waals surface area contributed by atoms with Gasteiger partial charge in [-0.25, -0.2) is 4.39 Å². The number of ether oxygens (including phenoxy) is 1. The average molecular weight is 315 g/mol. The summed E-state index contributed by atoms with van der Waals surface area (Å²) in [5.41, 5.74) is 0.521. The van der Waals surface area contributed by atoms with Crippen LogP contribution in [0.25, 0.3) is 0 Å². The maximum absolute atomic E-state index is 13.6. The Kier molecular flexibility index (Phi) is 5.12. The molecule has 0 fully saturated rings. The van der Waals surface area contributed by atoms with Gasteiger partial charge in [0.2, 0.25) is 0 Å². The molecule has 1 N–H and O–H groups in total. The van der Waals surface area contributed by atoms with Gasteiger partial charge in [-0.3, -0.25) is 0 Å². The number of rotatable bonds is 6. The lowest BCUT2D eigenvalue weighted by Gasteiger charge is -2.14. The van der Waals surface area contributed by atoms with Crippen molar-refractivity contribution in [1.29, 1.82) is 0 Å². The lowest BCUT2D eigenvalue weighted by molar-refractivity contribution is -0.0521. The number of alkyl halides is 2. The maximum atomic E-state index is 13.6. The van der Waals surface area contributed by atoms with Crippen molar-refractivity contribution in [2.75, 3.05) is 5.32 Å². The summed E-state index contributed by atoms with van der Waals surface area (Å²) in [7, 11) is 0. The Morgan fingerprint density at radius 2 is 2.00 bits per heavy atom. The van der Waals surface area contributed by atoms with Crippen molar-refractivity contribution in [3.05, 3.63) is 45.9 Å². The van der Waals surface area contributed by atoms with Gasteiger partial charge in [0.1, 0.15) is 0 Å². The first-order valence-electron chi connectivity index (χ1n) is 6.59. The van der Waals surface area contributed by atoms with Gasteiger partial charge in [0.25, 0.3) is 0 Å². The minimum atomic E-state index is -3.03. The van der Waals surface area contributed by atoms with Crippen molar-refractivity contribution in [3.8, 4) is 5.75 Å². The molecule has 0 saturated carbocycles. The van der Waals surface area contributed by atoms with E-state index in [2.05, 4.69) is 23.0 Å². The highest BCUT2D eigenvalue weighted by Crippen LogP contribution is 2.28. The number of halogens is 3. The third-order valence-electron chi connectivity index (χ3n) is 2.99. The molecule has 2 nitrogen and oxygen atoms in total. The summed E-state index contributed by atoms with van der Waals surface area (Å²) < 4.78 is 41.8. The average Bonchev–Trinajstić information content (AvgIpc) is 2.90. The summed E-state index contributed by atoms with van der Waals surface area (Å²) in [5, 5.41) is 3.14. The molecule has 0 spiro atoms. The SMILES string of the molecule is CCc1ccc(C(C)Nc2ccc(OC(F)F)c(F)c2)s1. The lowest BCUT2D eigenvalue weighted by atomic mass is 10.2. The molecule has 0 saturated heterocycles. The molecule has 1 aromatic carbocycles. The summed E-state index contributed by atoms with van der Waals surface area (Å²) in [6.07, 6.45) is 0.978. The van der Waals surface area contributed by atoms with Crippen LogP contribution in [0.1, 0.15) is 29.6 Å². The molecule has 2 aromatic rings. The predicted octanol–water partition coefficient (Wildman–Crippen LogP) is 5.22. The van der Waals surface area contributed by atoms with E-state index in [4.69, 9.17) is 0 Å². The fourth-order valence-electron chi connectivity index (χ4n) is 1.92. The second kappa shape index (κ2) is 6.85. The van der Waals surface area contributed by atoms with E-state index in [1.807, 2.05) is 13.0 Å². The number of hydrogen-bond donors (Lipinski definition) is 1. The van der Waals surface area contributed by atoms with E-state index in [0.717, 1.165) is 17.4 Å². The maximum Gasteiger partial charge on any atom is 0.387 e. The molecule has 0 aliphatic heterocycles. The predicted molar refractivity (Wildman–Crippen MR) is 78.8 cm³/mol. The second-order valence-corrected chi connectivity index (χ2v) is 5.75. The van der Waals surface area contributed by atoms with E-state index < -0.39 is 18.2 Å². The Balaban J connectivity index is 2.07. The van der Waals surface area contributed by atoms with Gasteiger partial charge in [0, 0.05) is 21.5 Å². The van der Waals surface area contributed by atoms with Crippen LogP contribution in [0.2, 0.25) is 0 Å². The number of aryl methyl sites for hydroxylation is 1. The first kappa shape index (κ1) is 15.7. The van der Waals surface area contributed by atoms with Crippen molar-refractivity contribution in [2.45, 2.75) is 32.9 Å². The molecule has 6 heteroatoms. The second-order valence-electron chi connectivity index (χ2n) is 4.55. The third kappa shape index (κ3) is 4.14. The summed E-state index contributed by atoms with van der Waals surface area (Å²) in [6, 6.07) is 7.98. The van der Waals surface area contributed by atoms with Crippen LogP contribution in [0.3, 0.4) is 0 Å². The Bertz CT molecular complexity index is 600. The van der Waals surface area contributed by atoms with E-state index in [9.17, 15) is 13.2 Å². The molecule has 1 aromatic heterocycles. The molecule has 0 bridgehead atoms. The Morgan fingerprint density at radius 3 is 2.57 bits per heavy atom. The molecule has 0 aliphatic carbocycles. The molecular formula is C15H16F3NOS. The highest BCUT2D eigenvalue weighted by Gasteiger charge is 2.12. The highest BCUT2D eigenvalue weighted by molar-refractivity contribution is 7.12. The molecule has 21 heavy (non-hydrogen) atoms. The van der Waals surface area contributed by atoms with Crippen molar-refractivity contribution >= 4 is 17.0 Å². The molecule has 1 atom stereocenters. The van der Waals surface area contributed by atoms with E-state index in [1.54, 1.807) is 11.3 Å².